The maximum atomic E-state index is 12.2. The summed E-state index contributed by atoms with van der Waals surface area (Å²) in [5.74, 6) is -0.387. The zero-order valence-corrected chi connectivity index (χ0v) is 18.3. The molecule has 3 aromatic rings. The Hall–Kier alpha value is -4.06. The molecule has 168 valence electrons. The lowest BCUT2D eigenvalue weighted by atomic mass is 9.98. The topological polar surface area (TPSA) is 84.9 Å². The van der Waals surface area contributed by atoms with Crippen molar-refractivity contribution in [3.8, 4) is 16.9 Å². The van der Waals surface area contributed by atoms with Crippen molar-refractivity contribution in [3.05, 3.63) is 95.1 Å². The predicted molar refractivity (Wildman–Crippen MR) is 127 cm³/mol. The minimum Gasteiger partial charge on any atom is -0.496 e. The van der Waals surface area contributed by atoms with Crippen LogP contribution in [0.15, 0.2) is 72.8 Å². The van der Waals surface area contributed by atoms with Gasteiger partial charge in [0.25, 0.3) is 0 Å². The van der Waals surface area contributed by atoms with Gasteiger partial charge in [-0.2, -0.15) is 0 Å². The van der Waals surface area contributed by atoms with Gasteiger partial charge < -0.3 is 19.9 Å². The van der Waals surface area contributed by atoms with Gasteiger partial charge in [-0.1, -0.05) is 60.7 Å². The van der Waals surface area contributed by atoms with E-state index in [1.165, 1.54) is 35.4 Å². The number of alkyl carbamates (subject to hydrolysis) is 1. The summed E-state index contributed by atoms with van der Waals surface area (Å²) in [6, 6.07) is 21.1. The van der Waals surface area contributed by atoms with Gasteiger partial charge in [0.05, 0.1) is 12.7 Å². The number of nitrogens with one attached hydrogen (secondary N) is 1. The number of amides is 1. The summed E-state index contributed by atoms with van der Waals surface area (Å²) in [7, 11) is 1.53. The van der Waals surface area contributed by atoms with E-state index >= 15 is 0 Å². The highest BCUT2D eigenvalue weighted by atomic mass is 16.5. The van der Waals surface area contributed by atoms with Crippen molar-refractivity contribution in [1.82, 2.24) is 5.32 Å². The quantitative estimate of drug-likeness (QED) is 0.460. The van der Waals surface area contributed by atoms with Crippen molar-refractivity contribution >= 4 is 18.1 Å². The number of carbonyl (C=O) groups excluding carboxylic acids is 1. The number of carboxylic acid groups (broad SMARTS) is 1. The van der Waals surface area contributed by atoms with E-state index in [1.54, 1.807) is 18.2 Å². The third-order valence-electron chi connectivity index (χ3n) is 5.70. The van der Waals surface area contributed by atoms with E-state index in [1.807, 2.05) is 30.3 Å². The van der Waals surface area contributed by atoms with Crippen LogP contribution in [0, 0.1) is 0 Å². The van der Waals surface area contributed by atoms with Crippen LogP contribution in [0.1, 0.15) is 39.4 Å². The number of hydrogen-bond acceptors (Lipinski definition) is 4. The summed E-state index contributed by atoms with van der Waals surface area (Å²) >= 11 is 0. The smallest absolute Gasteiger partial charge is 0.407 e. The van der Waals surface area contributed by atoms with Crippen LogP contribution in [0.5, 0.6) is 5.75 Å². The molecule has 1 aliphatic carbocycles. The molecular weight excluding hydrogens is 418 g/mol. The standard InChI is InChI=1S/C27H25NO5/c1-32-25-14-13-19(26(29)30)16-18(25)8-6-7-15-28-27(31)33-17-24-22-11-4-2-9-20(22)21-10-3-5-12-23(21)24/h2-6,8-14,16,24H,7,15,17H2,1H3,(H,28,31)(H,29,30). The molecule has 0 aromatic heterocycles. The van der Waals surface area contributed by atoms with E-state index in [0.29, 0.717) is 24.3 Å². The Morgan fingerprint density at radius 1 is 1.00 bits per heavy atom. The van der Waals surface area contributed by atoms with Crippen LogP contribution in [-0.4, -0.2) is 37.4 Å². The second-order valence-corrected chi connectivity index (χ2v) is 7.71. The van der Waals surface area contributed by atoms with Gasteiger partial charge in [-0.15, -0.1) is 0 Å². The average molecular weight is 443 g/mol. The van der Waals surface area contributed by atoms with Gasteiger partial charge in [0.15, 0.2) is 0 Å². The number of methoxy groups -OCH3 is 1. The highest BCUT2D eigenvalue weighted by Gasteiger charge is 2.28. The van der Waals surface area contributed by atoms with Crippen LogP contribution < -0.4 is 10.1 Å². The molecule has 6 nitrogen and oxygen atoms in total. The van der Waals surface area contributed by atoms with Crippen LogP contribution in [0.25, 0.3) is 17.2 Å². The molecule has 0 aliphatic heterocycles. The number of aromatic carboxylic acids is 1. The van der Waals surface area contributed by atoms with Crippen LogP contribution >= 0.6 is 0 Å². The van der Waals surface area contributed by atoms with E-state index in [9.17, 15) is 9.59 Å². The van der Waals surface area contributed by atoms with Gasteiger partial charge in [-0.05, 0) is 46.9 Å². The number of carbonyl (C=O) groups is 2. The zero-order chi connectivity index (χ0) is 23.2. The van der Waals surface area contributed by atoms with Gasteiger partial charge in [0.1, 0.15) is 12.4 Å². The van der Waals surface area contributed by atoms with Crippen molar-refractivity contribution in [2.75, 3.05) is 20.3 Å². The summed E-state index contributed by atoms with van der Waals surface area (Å²) in [5, 5.41) is 11.9. The number of ether oxygens (including phenoxy) is 2. The first-order chi connectivity index (χ1) is 16.1. The summed E-state index contributed by atoms with van der Waals surface area (Å²) in [5.41, 5.74) is 5.58. The molecule has 1 amide bonds. The van der Waals surface area contributed by atoms with Crippen LogP contribution in [0.2, 0.25) is 0 Å². The van der Waals surface area contributed by atoms with Gasteiger partial charge in [-0.25, -0.2) is 9.59 Å². The van der Waals surface area contributed by atoms with Crippen LogP contribution in [0.3, 0.4) is 0 Å². The maximum Gasteiger partial charge on any atom is 0.407 e. The van der Waals surface area contributed by atoms with Crippen LogP contribution in [-0.2, 0) is 4.74 Å². The minimum absolute atomic E-state index is 0.0250. The fourth-order valence-electron chi connectivity index (χ4n) is 4.11. The Kier molecular flexibility index (Phi) is 6.74. The van der Waals surface area contributed by atoms with Gasteiger partial charge in [0.2, 0.25) is 0 Å². The highest BCUT2D eigenvalue weighted by molar-refractivity contribution is 5.89. The Labute approximate surface area is 192 Å². The monoisotopic (exact) mass is 443 g/mol. The second kappa shape index (κ2) is 10.0. The van der Waals surface area contributed by atoms with Crippen LogP contribution in [0.4, 0.5) is 4.79 Å². The summed E-state index contributed by atoms with van der Waals surface area (Å²) < 4.78 is 10.8. The molecule has 0 atom stereocenters. The molecule has 0 saturated heterocycles. The summed E-state index contributed by atoms with van der Waals surface area (Å²) in [6.07, 6.45) is 3.73. The molecule has 6 heteroatoms. The van der Waals surface area contributed by atoms with E-state index in [-0.39, 0.29) is 18.1 Å². The molecule has 33 heavy (non-hydrogen) atoms. The molecule has 4 rings (SSSR count). The molecule has 0 bridgehead atoms. The lowest BCUT2D eigenvalue weighted by Crippen LogP contribution is -2.26. The second-order valence-electron chi connectivity index (χ2n) is 7.71. The first kappa shape index (κ1) is 22.1. The first-order valence-corrected chi connectivity index (χ1v) is 10.7. The van der Waals surface area contributed by atoms with Crippen molar-refractivity contribution in [3.63, 3.8) is 0 Å². The third-order valence-corrected chi connectivity index (χ3v) is 5.70. The molecular formula is C27H25NO5. The number of fused-ring (bicyclic) bond motifs is 3. The average Bonchev–Trinajstić information content (AvgIpc) is 3.16. The van der Waals surface area contributed by atoms with Crippen molar-refractivity contribution in [1.29, 1.82) is 0 Å². The van der Waals surface area contributed by atoms with Crippen molar-refractivity contribution in [2.24, 2.45) is 0 Å². The minimum atomic E-state index is -0.996. The summed E-state index contributed by atoms with van der Waals surface area (Å²) in [4.78, 5) is 23.4. The van der Waals surface area contributed by atoms with E-state index < -0.39 is 12.1 Å². The molecule has 0 heterocycles. The van der Waals surface area contributed by atoms with Gasteiger partial charge >= 0.3 is 12.1 Å². The highest BCUT2D eigenvalue weighted by Crippen LogP contribution is 2.44. The van der Waals surface area contributed by atoms with E-state index in [2.05, 4.69) is 29.6 Å². The number of rotatable bonds is 8. The van der Waals surface area contributed by atoms with Gasteiger partial charge in [0, 0.05) is 18.0 Å². The van der Waals surface area contributed by atoms with Crippen molar-refractivity contribution in [2.45, 2.75) is 12.3 Å². The molecule has 1 aliphatic rings. The summed E-state index contributed by atoms with van der Waals surface area (Å²) in [6.45, 7) is 0.670. The number of benzene rings is 3. The van der Waals surface area contributed by atoms with Gasteiger partial charge in [-0.3, -0.25) is 0 Å². The molecule has 3 aromatic carbocycles. The lowest BCUT2D eigenvalue weighted by molar-refractivity contribution is 0.0696. The zero-order valence-electron chi connectivity index (χ0n) is 18.3. The molecule has 0 fully saturated rings. The molecule has 0 unspecified atom stereocenters. The maximum absolute atomic E-state index is 12.2. The molecule has 0 spiro atoms. The molecule has 0 radical (unpaired) electrons. The first-order valence-electron chi connectivity index (χ1n) is 10.7. The van der Waals surface area contributed by atoms with Crippen molar-refractivity contribution < 1.29 is 24.2 Å². The third kappa shape index (κ3) is 4.90. The Balaban J connectivity index is 1.29. The number of carboxylic acids is 1. The molecule has 0 saturated carbocycles. The fourth-order valence-corrected chi connectivity index (χ4v) is 4.11. The lowest BCUT2D eigenvalue weighted by Gasteiger charge is -2.14. The fraction of sp³-hybridized carbons (Fsp3) is 0.185. The Morgan fingerprint density at radius 3 is 2.30 bits per heavy atom. The predicted octanol–water partition coefficient (Wildman–Crippen LogP) is 5.34. The molecule has 2 N–H and O–H groups in total. The Morgan fingerprint density at radius 2 is 1.67 bits per heavy atom. The number of hydrogen-bond donors (Lipinski definition) is 2. The largest absolute Gasteiger partial charge is 0.496 e. The van der Waals surface area contributed by atoms with E-state index in [4.69, 9.17) is 14.6 Å². The normalized spacial score (nSPS) is 12.3. The SMILES string of the molecule is COc1ccc(C(=O)O)cc1C=CCCNC(=O)OCC1c2ccccc2-c2ccccc21. The van der Waals surface area contributed by atoms with E-state index in [0.717, 1.165) is 0 Å². The Bertz CT molecular complexity index is 1160.